The molecule has 1 heterocycles. The molecule has 0 aliphatic heterocycles. The van der Waals surface area contributed by atoms with E-state index < -0.39 is 0 Å². The monoisotopic (exact) mass is 329 g/mol. The summed E-state index contributed by atoms with van der Waals surface area (Å²) in [5, 5.41) is 4.32. The third kappa shape index (κ3) is 5.10. The molecule has 0 aliphatic rings. The van der Waals surface area contributed by atoms with E-state index >= 15 is 0 Å². The van der Waals surface area contributed by atoms with Crippen LogP contribution < -0.4 is 5.32 Å². The molecule has 1 amide bonds. The minimum Gasteiger partial charge on any atom is -0.361 e. The Balaban J connectivity index is 1.70. The number of hydrogen-bond acceptors (Lipinski definition) is 2. The van der Waals surface area contributed by atoms with Gasteiger partial charge in [-0.25, -0.2) is 0 Å². The summed E-state index contributed by atoms with van der Waals surface area (Å²) in [7, 11) is 0. The summed E-state index contributed by atoms with van der Waals surface area (Å²) in [6.07, 6.45) is 4.46. The summed E-state index contributed by atoms with van der Waals surface area (Å²) in [6.45, 7) is 10.4. The normalized spacial score (nSPS) is 11.8. The molecule has 0 saturated heterocycles. The Morgan fingerprint density at radius 3 is 2.58 bits per heavy atom. The zero-order valence-electron chi connectivity index (χ0n) is 15.4. The van der Waals surface area contributed by atoms with Crippen LogP contribution in [0.25, 0.3) is 10.9 Å². The summed E-state index contributed by atoms with van der Waals surface area (Å²) < 4.78 is 0. The highest BCUT2D eigenvalue weighted by molar-refractivity contribution is 5.83. The molecule has 24 heavy (non-hydrogen) atoms. The number of aromatic amines is 1. The van der Waals surface area contributed by atoms with Crippen molar-refractivity contribution in [3.8, 4) is 0 Å². The molecule has 1 aromatic heterocycles. The molecule has 1 aromatic carbocycles. The van der Waals surface area contributed by atoms with Gasteiger partial charge in [0, 0.05) is 48.7 Å². The third-order valence-electron chi connectivity index (χ3n) is 4.54. The minimum absolute atomic E-state index is 0.155. The summed E-state index contributed by atoms with van der Waals surface area (Å²) in [5.74, 6) is 0.155. The van der Waals surface area contributed by atoms with Gasteiger partial charge in [0.25, 0.3) is 0 Å². The van der Waals surface area contributed by atoms with E-state index in [1.165, 1.54) is 16.5 Å². The topological polar surface area (TPSA) is 48.1 Å². The van der Waals surface area contributed by atoms with E-state index in [2.05, 4.69) is 67.3 Å². The number of hydrogen-bond donors (Lipinski definition) is 2. The van der Waals surface area contributed by atoms with E-state index in [9.17, 15) is 4.79 Å². The van der Waals surface area contributed by atoms with Crippen molar-refractivity contribution in [2.45, 2.75) is 59.0 Å². The number of carbonyl (C=O) groups is 1. The molecule has 0 radical (unpaired) electrons. The van der Waals surface area contributed by atoms with Gasteiger partial charge in [0.1, 0.15) is 0 Å². The fraction of sp³-hybridized carbons (Fsp3) is 0.550. The van der Waals surface area contributed by atoms with Gasteiger partial charge >= 0.3 is 0 Å². The molecule has 2 aromatic rings. The Labute approximate surface area is 145 Å². The summed E-state index contributed by atoms with van der Waals surface area (Å²) in [5.41, 5.74) is 2.46. The highest BCUT2D eigenvalue weighted by Gasteiger charge is 2.13. The Kier molecular flexibility index (Phi) is 6.85. The highest BCUT2D eigenvalue weighted by atomic mass is 16.1. The molecule has 0 spiro atoms. The molecule has 0 atom stereocenters. The van der Waals surface area contributed by atoms with Crippen molar-refractivity contribution in [1.82, 2.24) is 15.2 Å². The van der Waals surface area contributed by atoms with Crippen molar-refractivity contribution in [1.29, 1.82) is 0 Å². The van der Waals surface area contributed by atoms with Crippen LogP contribution in [0.3, 0.4) is 0 Å². The molecule has 0 bridgehead atoms. The van der Waals surface area contributed by atoms with Crippen molar-refractivity contribution < 1.29 is 4.79 Å². The van der Waals surface area contributed by atoms with E-state index in [0.29, 0.717) is 18.5 Å². The number of amides is 1. The van der Waals surface area contributed by atoms with Crippen molar-refractivity contribution in [2.24, 2.45) is 0 Å². The number of aromatic nitrogens is 1. The Hall–Kier alpha value is -1.81. The maximum atomic E-state index is 12.0. The average Bonchev–Trinajstić information content (AvgIpc) is 2.94. The highest BCUT2D eigenvalue weighted by Crippen LogP contribution is 2.19. The molecule has 0 unspecified atom stereocenters. The lowest BCUT2D eigenvalue weighted by atomic mass is 10.1. The maximum absolute atomic E-state index is 12.0. The molecule has 4 heteroatoms. The third-order valence-corrected chi connectivity index (χ3v) is 4.54. The van der Waals surface area contributed by atoms with Crippen LogP contribution in [-0.4, -0.2) is 41.0 Å². The molecule has 0 aliphatic carbocycles. The van der Waals surface area contributed by atoms with Crippen molar-refractivity contribution in [3.63, 3.8) is 0 Å². The van der Waals surface area contributed by atoms with Crippen LogP contribution in [0.15, 0.2) is 30.5 Å². The number of H-pyrrole nitrogens is 1. The van der Waals surface area contributed by atoms with Gasteiger partial charge in [-0.1, -0.05) is 18.2 Å². The number of nitrogens with one attached hydrogen (secondary N) is 2. The Morgan fingerprint density at radius 2 is 1.88 bits per heavy atom. The first-order valence-corrected chi connectivity index (χ1v) is 9.06. The quantitative estimate of drug-likeness (QED) is 0.736. The first-order chi connectivity index (χ1) is 11.5. The van der Waals surface area contributed by atoms with Crippen LogP contribution in [-0.2, 0) is 11.2 Å². The van der Waals surface area contributed by atoms with Crippen LogP contribution in [0.1, 0.15) is 46.1 Å². The molecular weight excluding hydrogens is 298 g/mol. The van der Waals surface area contributed by atoms with Gasteiger partial charge in [-0.05, 0) is 52.2 Å². The van der Waals surface area contributed by atoms with Gasteiger partial charge in [0.2, 0.25) is 5.91 Å². The second kappa shape index (κ2) is 8.88. The predicted molar refractivity (Wildman–Crippen MR) is 101 cm³/mol. The second-order valence-corrected chi connectivity index (χ2v) is 6.99. The van der Waals surface area contributed by atoms with Gasteiger partial charge in [-0.2, -0.15) is 0 Å². The zero-order chi connectivity index (χ0) is 17.5. The van der Waals surface area contributed by atoms with Crippen LogP contribution in [0.5, 0.6) is 0 Å². The minimum atomic E-state index is 0.155. The van der Waals surface area contributed by atoms with Crippen LogP contribution in [0.4, 0.5) is 0 Å². The predicted octanol–water partition coefficient (Wildman–Crippen LogP) is 3.73. The summed E-state index contributed by atoms with van der Waals surface area (Å²) in [6, 6.07) is 9.32. The molecule has 2 rings (SSSR count). The van der Waals surface area contributed by atoms with E-state index in [4.69, 9.17) is 0 Å². The fourth-order valence-corrected chi connectivity index (χ4v) is 3.30. The first-order valence-electron chi connectivity index (χ1n) is 9.06. The molecule has 4 nitrogen and oxygen atoms in total. The smallest absolute Gasteiger partial charge is 0.220 e. The molecule has 0 saturated carbocycles. The maximum Gasteiger partial charge on any atom is 0.220 e. The summed E-state index contributed by atoms with van der Waals surface area (Å²) in [4.78, 5) is 17.7. The van der Waals surface area contributed by atoms with E-state index in [0.717, 1.165) is 25.9 Å². The second-order valence-electron chi connectivity index (χ2n) is 6.99. The van der Waals surface area contributed by atoms with Gasteiger partial charge in [-0.3, -0.25) is 9.69 Å². The van der Waals surface area contributed by atoms with Gasteiger partial charge in [0.15, 0.2) is 0 Å². The van der Waals surface area contributed by atoms with E-state index in [1.807, 2.05) is 6.07 Å². The SMILES string of the molecule is CC(C)N(CCNC(=O)CCCc1c[nH]c2ccccc12)C(C)C. The van der Waals surface area contributed by atoms with Crippen molar-refractivity contribution in [3.05, 3.63) is 36.0 Å². The van der Waals surface area contributed by atoms with Crippen molar-refractivity contribution in [2.75, 3.05) is 13.1 Å². The number of nitrogens with zero attached hydrogens (tertiary/aromatic N) is 1. The number of benzene rings is 1. The van der Waals surface area contributed by atoms with Gasteiger partial charge < -0.3 is 10.3 Å². The Bertz CT molecular complexity index is 637. The number of rotatable bonds is 9. The van der Waals surface area contributed by atoms with Gasteiger partial charge in [0.05, 0.1) is 0 Å². The lowest BCUT2D eigenvalue weighted by Gasteiger charge is -2.30. The van der Waals surface area contributed by atoms with Crippen LogP contribution in [0.2, 0.25) is 0 Å². The van der Waals surface area contributed by atoms with Crippen LogP contribution in [0, 0.1) is 0 Å². The average molecular weight is 329 g/mol. The number of fused-ring (bicyclic) bond motifs is 1. The zero-order valence-corrected chi connectivity index (χ0v) is 15.4. The number of carbonyl (C=O) groups excluding carboxylic acids is 1. The summed E-state index contributed by atoms with van der Waals surface area (Å²) >= 11 is 0. The fourth-order valence-electron chi connectivity index (χ4n) is 3.30. The number of aryl methyl sites for hydroxylation is 1. The largest absolute Gasteiger partial charge is 0.361 e. The molecule has 132 valence electrons. The molecule has 2 N–H and O–H groups in total. The molecule has 0 fully saturated rings. The van der Waals surface area contributed by atoms with E-state index in [-0.39, 0.29) is 5.91 Å². The van der Waals surface area contributed by atoms with Crippen LogP contribution >= 0.6 is 0 Å². The number of para-hydroxylation sites is 1. The Morgan fingerprint density at radius 1 is 1.17 bits per heavy atom. The lowest BCUT2D eigenvalue weighted by Crippen LogP contribution is -2.42. The molecular formula is C20H31N3O. The first kappa shape index (κ1) is 18.5. The van der Waals surface area contributed by atoms with E-state index in [1.54, 1.807) is 0 Å². The lowest BCUT2D eigenvalue weighted by molar-refractivity contribution is -0.121. The van der Waals surface area contributed by atoms with Gasteiger partial charge in [-0.15, -0.1) is 0 Å². The van der Waals surface area contributed by atoms with Crippen molar-refractivity contribution >= 4 is 16.8 Å². The standard InChI is InChI=1S/C20H31N3O/c1-15(2)23(16(3)4)13-12-21-20(24)11-7-8-17-14-22-19-10-6-5-9-18(17)19/h5-6,9-10,14-16,22H,7-8,11-13H2,1-4H3,(H,21,24).